The summed E-state index contributed by atoms with van der Waals surface area (Å²) in [5, 5.41) is 3.02. The lowest BCUT2D eigenvalue weighted by atomic mass is 10.0. The van der Waals surface area contributed by atoms with Crippen LogP contribution >= 0.6 is 11.3 Å². The molecule has 0 radical (unpaired) electrons. The Morgan fingerprint density at radius 1 is 1.22 bits per heavy atom. The molecule has 5 heteroatoms. The number of benzene rings is 2. The van der Waals surface area contributed by atoms with Crippen LogP contribution in [-0.4, -0.2) is 21.3 Å². The summed E-state index contributed by atoms with van der Waals surface area (Å²) in [5.74, 6) is -0.0201. The summed E-state index contributed by atoms with van der Waals surface area (Å²) in [5.41, 5.74) is 6.41. The molecule has 0 fully saturated rings. The van der Waals surface area contributed by atoms with E-state index in [1.807, 2.05) is 25.1 Å². The molecule has 0 spiro atoms. The summed E-state index contributed by atoms with van der Waals surface area (Å²) < 4.78 is 3.19. The molecule has 0 aliphatic rings. The average Bonchev–Trinajstić information content (AvgIpc) is 3.18. The van der Waals surface area contributed by atoms with Crippen LogP contribution in [-0.2, 0) is 0 Å². The highest BCUT2D eigenvalue weighted by molar-refractivity contribution is 7.23. The van der Waals surface area contributed by atoms with E-state index in [0.717, 1.165) is 32.9 Å². The van der Waals surface area contributed by atoms with Crippen LogP contribution in [0.1, 0.15) is 41.8 Å². The van der Waals surface area contributed by atoms with Crippen molar-refractivity contribution >= 4 is 32.4 Å². The Balaban J connectivity index is 1.73. The molecule has 2 aromatic carbocycles. The minimum absolute atomic E-state index is 0.0201. The Morgan fingerprint density at radius 2 is 2.04 bits per heavy atom. The first kappa shape index (κ1) is 17.7. The fourth-order valence-electron chi connectivity index (χ4n) is 3.28. The van der Waals surface area contributed by atoms with E-state index in [2.05, 4.69) is 54.9 Å². The number of nitrogens with zero attached hydrogens (tertiary/aromatic N) is 2. The number of rotatable bonds is 4. The van der Waals surface area contributed by atoms with Gasteiger partial charge in [0.15, 0.2) is 4.96 Å². The molecule has 0 aliphatic carbocycles. The van der Waals surface area contributed by atoms with E-state index in [4.69, 9.17) is 4.98 Å². The second kappa shape index (κ2) is 6.82. The van der Waals surface area contributed by atoms with Gasteiger partial charge in [-0.05, 0) is 51.0 Å². The first-order chi connectivity index (χ1) is 13.0. The van der Waals surface area contributed by atoms with Crippen molar-refractivity contribution in [3.63, 3.8) is 0 Å². The molecule has 0 saturated heterocycles. The molecule has 1 amide bonds. The molecule has 0 bridgehead atoms. The van der Waals surface area contributed by atoms with Gasteiger partial charge in [0.2, 0.25) is 0 Å². The number of hydrogen-bond donors (Lipinski definition) is 1. The van der Waals surface area contributed by atoms with Gasteiger partial charge in [0.05, 0.1) is 15.9 Å². The summed E-state index contributed by atoms with van der Waals surface area (Å²) in [6.07, 6.45) is 3.01. The lowest BCUT2D eigenvalue weighted by Gasteiger charge is -2.11. The lowest BCUT2D eigenvalue weighted by Crippen LogP contribution is -2.31. The highest BCUT2D eigenvalue weighted by Crippen LogP contribution is 2.31. The Hall–Kier alpha value is -2.66. The Labute approximate surface area is 162 Å². The summed E-state index contributed by atoms with van der Waals surface area (Å²) in [4.78, 5) is 18.2. The fraction of sp³-hybridized carbons (Fsp3) is 0.273. The van der Waals surface area contributed by atoms with Crippen molar-refractivity contribution in [2.45, 2.75) is 40.2 Å². The molecule has 1 unspecified atom stereocenters. The number of aryl methyl sites for hydroxylation is 2. The molecule has 4 aromatic rings. The van der Waals surface area contributed by atoms with Crippen LogP contribution in [0.25, 0.3) is 26.4 Å². The van der Waals surface area contributed by atoms with Crippen LogP contribution in [0.3, 0.4) is 0 Å². The number of hydrogen-bond acceptors (Lipinski definition) is 3. The normalized spacial score (nSPS) is 12.6. The molecule has 2 heterocycles. The van der Waals surface area contributed by atoms with Gasteiger partial charge in [-0.1, -0.05) is 42.0 Å². The van der Waals surface area contributed by atoms with E-state index in [1.165, 1.54) is 11.1 Å². The zero-order valence-corrected chi connectivity index (χ0v) is 16.9. The maximum absolute atomic E-state index is 12.4. The molecule has 0 aliphatic heterocycles. The van der Waals surface area contributed by atoms with Crippen LogP contribution in [0.4, 0.5) is 0 Å². The van der Waals surface area contributed by atoms with Gasteiger partial charge in [-0.15, -0.1) is 0 Å². The fourth-order valence-corrected chi connectivity index (χ4v) is 4.33. The summed E-state index contributed by atoms with van der Waals surface area (Å²) in [7, 11) is 0. The first-order valence-electron chi connectivity index (χ1n) is 9.26. The Morgan fingerprint density at radius 3 is 2.78 bits per heavy atom. The van der Waals surface area contributed by atoms with E-state index in [0.29, 0.717) is 5.56 Å². The Kier molecular flexibility index (Phi) is 4.48. The van der Waals surface area contributed by atoms with Crippen molar-refractivity contribution < 1.29 is 4.79 Å². The van der Waals surface area contributed by atoms with Crippen molar-refractivity contribution in [1.82, 2.24) is 14.7 Å². The van der Waals surface area contributed by atoms with Crippen molar-refractivity contribution in [2.24, 2.45) is 0 Å². The number of aromatic nitrogens is 2. The molecule has 1 N–H and O–H groups in total. The topological polar surface area (TPSA) is 46.4 Å². The number of thiazole rings is 1. The number of nitrogens with one attached hydrogen (secondary N) is 1. The SMILES string of the molecule is CCC(C)NC(=O)c1ccc2c(c1)sc1nc(-c3ccc(C)cc3C)cn12. The summed E-state index contributed by atoms with van der Waals surface area (Å²) in [6, 6.07) is 12.5. The van der Waals surface area contributed by atoms with E-state index in [1.54, 1.807) is 11.3 Å². The van der Waals surface area contributed by atoms with Gasteiger partial charge >= 0.3 is 0 Å². The molecule has 4 rings (SSSR count). The second-order valence-electron chi connectivity index (χ2n) is 7.16. The number of carbonyl (C=O) groups is 1. The van der Waals surface area contributed by atoms with Gasteiger partial charge in [-0.2, -0.15) is 0 Å². The van der Waals surface area contributed by atoms with Crippen LogP contribution in [0.2, 0.25) is 0 Å². The number of amides is 1. The molecule has 1 atom stereocenters. The van der Waals surface area contributed by atoms with Gasteiger partial charge < -0.3 is 5.32 Å². The monoisotopic (exact) mass is 377 g/mol. The minimum Gasteiger partial charge on any atom is -0.350 e. The quantitative estimate of drug-likeness (QED) is 0.520. The van der Waals surface area contributed by atoms with Crippen molar-refractivity contribution in [3.8, 4) is 11.3 Å². The molecule has 4 nitrogen and oxygen atoms in total. The number of imidazole rings is 1. The molecule has 27 heavy (non-hydrogen) atoms. The Bertz CT molecular complexity index is 1160. The summed E-state index contributed by atoms with van der Waals surface area (Å²) in [6.45, 7) is 8.31. The predicted molar refractivity (Wildman–Crippen MR) is 113 cm³/mol. The summed E-state index contributed by atoms with van der Waals surface area (Å²) >= 11 is 1.61. The molecular weight excluding hydrogens is 354 g/mol. The van der Waals surface area contributed by atoms with E-state index >= 15 is 0 Å². The smallest absolute Gasteiger partial charge is 0.251 e. The maximum atomic E-state index is 12.4. The molecular formula is C22H23N3OS. The van der Waals surface area contributed by atoms with Crippen molar-refractivity contribution in [3.05, 3.63) is 59.3 Å². The molecule has 0 saturated carbocycles. The van der Waals surface area contributed by atoms with Gasteiger partial charge in [0.25, 0.3) is 5.91 Å². The zero-order valence-electron chi connectivity index (χ0n) is 16.0. The van der Waals surface area contributed by atoms with Crippen molar-refractivity contribution in [2.75, 3.05) is 0 Å². The molecule has 138 valence electrons. The average molecular weight is 378 g/mol. The van der Waals surface area contributed by atoms with E-state index in [9.17, 15) is 4.79 Å². The zero-order chi connectivity index (χ0) is 19.1. The third-order valence-electron chi connectivity index (χ3n) is 5.00. The van der Waals surface area contributed by atoms with Crippen molar-refractivity contribution in [1.29, 1.82) is 0 Å². The van der Waals surface area contributed by atoms with Gasteiger partial charge in [-0.25, -0.2) is 4.98 Å². The highest BCUT2D eigenvalue weighted by Gasteiger charge is 2.14. The maximum Gasteiger partial charge on any atom is 0.251 e. The largest absolute Gasteiger partial charge is 0.350 e. The van der Waals surface area contributed by atoms with Crippen LogP contribution < -0.4 is 5.32 Å². The van der Waals surface area contributed by atoms with E-state index < -0.39 is 0 Å². The minimum atomic E-state index is -0.0201. The number of fused-ring (bicyclic) bond motifs is 3. The lowest BCUT2D eigenvalue weighted by molar-refractivity contribution is 0.0939. The third-order valence-corrected chi connectivity index (χ3v) is 6.02. The molecule has 2 aromatic heterocycles. The second-order valence-corrected chi connectivity index (χ2v) is 8.17. The standard InChI is InChI=1S/C22H23N3OS/c1-5-15(4)23-21(26)16-7-9-19-20(11-16)27-22-24-18(12-25(19)22)17-8-6-13(2)10-14(17)3/h6-12,15H,5H2,1-4H3,(H,23,26). The highest BCUT2D eigenvalue weighted by atomic mass is 32.1. The van der Waals surface area contributed by atoms with Crippen LogP contribution in [0.5, 0.6) is 0 Å². The third kappa shape index (κ3) is 3.23. The number of carbonyl (C=O) groups excluding carboxylic acids is 1. The first-order valence-corrected chi connectivity index (χ1v) is 10.1. The van der Waals surface area contributed by atoms with Gasteiger partial charge in [0.1, 0.15) is 0 Å². The van der Waals surface area contributed by atoms with Gasteiger partial charge in [-0.3, -0.25) is 9.20 Å². The van der Waals surface area contributed by atoms with Crippen LogP contribution in [0.15, 0.2) is 42.6 Å². The van der Waals surface area contributed by atoms with Crippen LogP contribution in [0, 0.1) is 13.8 Å². The van der Waals surface area contributed by atoms with E-state index in [-0.39, 0.29) is 11.9 Å². The van der Waals surface area contributed by atoms with Gasteiger partial charge in [0, 0.05) is 23.4 Å². The predicted octanol–water partition coefficient (Wildman–Crippen LogP) is 5.36.